The zero-order valence-electron chi connectivity index (χ0n) is 16.5. The van der Waals surface area contributed by atoms with Crippen molar-refractivity contribution in [2.75, 3.05) is 26.8 Å². The van der Waals surface area contributed by atoms with Crippen LogP contribution in [0.3, 0.4) is 0 Å². The van der Waals surface area contributed by atoms with Crippen LogP contribution in [-0.2, 0) is 28.9 Å². The first-order valence-electron chi connectivity index (χ1n) is 10.1. The van der Waals surface area contributed by atoms with Crippen LogP contribution >= 0.6 is 23.1 Å². The number of carbonyl (C=O) groups excluding carboxylic acids is 1. The Morgan fingerprint density at radius 1 is 1.25 bits per heavy atom. The fourth-order valence-electron chi connectivity index (χ4n) is 4.09. The highest BCUT2D eigenvalue weighted by Crippen LogP contribution is 2.35. The van der Waals surface area contributed by atoms with E-state index in [2.05, 4.69) is 0 Å². The monoisotopic (exact) mass is 421 g/mol. The summed E-state index contributed by atoms with van der Waals surface area (Å²) in [6.07, 6.45) is 6.47. The van der Waals surface area contributed by atoms with E-state index in [0.717, 1.165) is 55.4 Å². The standard InChI is InChI=1S/C20H27N3O3S2/c1-13(18(24)22-9-5-6-10-22)27-20-21-17-16(19(25)23(20)11-12-26-2)14-7-3-4-8-15(14)28-17/h13H,3-12H2,1-2H3/t13-/m1/s1. The van der Waals surface area contributed by atoms with Crippen molar-refractivity contribution >= 4 is 39.2 Å². The van der Waals surface area contributed by atoms with Crippen LogP contribution in [0, 0.1) is 0 Å². The van der Waals surface area contributed by atoms with Gasteiger partial charge in [0.1, 0.15) is 4.83 Å². The van der Waals surface area contributed by atoms with Crippen LogP contribution in [0.4, 0.5) is 0 Å². The number of ether oxygens (including phenoxy) is 1. The van der Waals surface area contributed by atoms with Crippen molar-refractivity contribution in [1.29, 1.82) is 0 Å². The van der Waals surface area contributed by atoms with Gasteiger partial charge in [-0.2, -0.15) is 0 Å². The van der Waals surface area contributed by atoms with Crippen molar-refractivity contribution in [2.45, 2.75) is 62.4 Å². The molecule has 0 spiro atoms. The van der Waals surface area contributed by atoms with E-state index in [-0.39, 0.29) is 16.7 Å². The molecule has 1 atom stereocenters. The molecular weight excluding hydrogens is 394 g/mol. The zero-order valence-corrected chi connectivity index (χ0v) is 18.2. The summed E-state index contributed by atoms with van der Waals surface area (Å²) in [6, 6.07) is 0. The Morgan fingerprint density at radius 2 is 2.00 bits per heavy atom. The fraction of sp³-hybridized carbons (Fsp3) is 0.650. The number of fused-ring (bicyclic) bond motifs is 3. The average molecular weight is 422 g/mol. The Balaban J connectivity index is 1.71. The number of likely N-dealkylation sites (tertiary alicyclic amines) is 1. The van der Waals surface area contributed by atoms with E-state index in [1.807, 2.05) is 11.8 Å². The molecule has 6 nitrogen and oxygen atoms in total. The maximum atomic E-state index is 13.4. The molecule has 2 aliphatic rings. The van der Waals surface area contributed by atoms with Crippen molar-refractivity contribution < 1.29 is 9.53 Å². The van der Waals surface area contributed by atoms with Gasteiger partial charge in [0, 0.05) is 25.1 Å². The van der Waals surface area contributed by atoms with E-state index in [1.54, 1.807) is 23.0 Å². The van der Waals surface area contributed by atoms with Crippen molar-refractivity contribution in [3.05, 3.63) is 20.8 Å². The molecule has 152 valence electrons. The van der Waals surface area contributed by atoms with E-state index in [1.165, 1.54) is 28.6 Å². The first-order chi connectivity index (χ1) is 13.6. The molecule has 0 bridgehead atoms. The van der Waals surface area contributed by atoms with E-state index in [9.17, 15) is 9.59 Å². The van der Waals surface area contributed by atoms with Crippen LogP contribution in [0.15, 0.2) is 9.95 Å². The minimum atomic E-state index is -0.258. The van der Waals surface area contributed by atoms with Gasteiger partial charge in [0.25, 0.3) is 5.56 Å². The van der Waals surface area contributed by atoms with Crippen LogP contribution in [-0.4, -0.2) is 52.4 Å². The second-order valence-corrected chi connectivity index (χ2v) is 9.92. The maximum Gasteiger partial charge on any atom is 0.263 e. The summed E-state index contributed by atoms with van der Waals surface area (Å²) in [5.41, 5.74) is 1.22. The highest BCUT2D eigenvalue weighted by molar-refractivity contribution is 8.00. The summed E-state index contributed by atoms with van der Waals surface area (Å²) in [5, 5.41) is 1.16. The normalized spacial score (nSPS) is 17.9. The minimum Gasteiger partial charge on any atom is -0.383 e. The molecule has 0 aromatic carbocycles. The summed E-state index contributed by atoms with van der Waals surface area (Å²) in [5.74, 6) is 0.139. The van der Waals surface area contributed by atoms with Gasteiger partial charge in [0.15, 0.2) is 5.16 Å². The predicted octanol–water partition coefficient (Wildman–Crippen LogP) is 3.09. The Bertz CT molecular complexity index is 931. The SMILES string of the molecule is COCCn1c(S[C@H](C)C(=O)N2CCCC2)nc2sc3c(c2c1=O)CCCC3. The number of thiophene rings is 1. The molecule has 1 saturated heterocycles. The molecule has 3 heterocycles. The highest BCUT2D eigenvalue weighted by atomic mass is 32.2. The Labute approximate surface area is 173 Å². The van der Waals surface area contributed by atoms with E-state index < -0.39 is 0 Å². The topological polar surface area (TPSA) is 64.4 Å². The Kier molecular flexibility index (Phi) is 6.08. The zero-order chi connectivity index (χ0) is 19.7. The summed E-state index contributed by atoms with van der Waals surface area (Å²) in [7, 11) is 1.63. The molecule has 0 saturated carbocycles. The summed E-state index contributed by atoms with van der Waals surface area (Å²) in [6.45, 7) is 4.49. The molecule has 0 radical (unpaired) electrons. The lowest BCUT2D eigenvalue weighted by atomic mass is 9.97. The predicted molar refractivity (Wildman–Crippen MR) is 114 cm³/mol. The van der Waals surface area contributed by atoms with Crippen molar-refractivity contribution in [3.8, 4) is 0 Å². The molecule has 2 aromatic rings. The Morgan fingerprint density at radius 3 is 2.75 bits per heavy atom. The number of aryl methyl sites for hydroxylation is 2. The average Bonchev–Trinajstić information content (AvgIpc) is 3.34. The largest absolute Gasteiger partial charge is 0.383 e. The van der Waals surface area contributed by atoms with Gasteiger partial charge in [-0.1, -0.05) is 11.8 Å². The molecule has 0 N–H and O–H groups in total. The maximum absolute atomic E-state index is 13.4. The van der Waals surface area contributed by atoms with Gasteiger partial charge in [-0.3, -0.25) is 14.2 Å². The quantitative estimate of drug-likeness (QED) is 0.530. The number of aromatic nitrogens is 2. The first-order valence-corrected chi connectivity index (χ1v) is 11.8. The van der Waals surface area contributed by atoms with Crippen LogP contribution in [0.2, 0.25) is 0 Å². The number of nitrogens with zero attached hydrogens (tertiary/aromatic N) is 3. The van der Waals surface area contributed by atoms with Gasteiger partial charge in [0.05, 0.1) is 23.8 Å². The highest BCUT2D eigenvalue weighted by Gasteiger charge is 2.27. The molecule has 1 aliphatic heterocycles. The lowest BCUT2D eigenvalue weighted by Gasteiger charge is -2.21. The van der Waals surface area contributed by atoms with E-state index in [0.29, 0.717) is 18.3 Å². The lowest BCUT2D eigenvalue weighted by molar-refractivity contribution is -0.129. The molecular formula is C20H27N3O3S2. The third-order valence-corrected chi connectivity index (χ3v) is 7.87. The van der Waals surface area contributed by atoms with Crippen LogP contribution in [0.5, 0.6) is 0 Å². The van der Waals surface area contributed by atoms with Gasteiger partial charge in [0.2, 0.25) is 5.91 Å². The fourth-order valence-corrected chi connectivity index (χ4v) is 6.41. The number of methoxy groups -OCH3 is 1. The first kappa shape index (κ1) is 19.9. The Hall–Kier alpha value is -1.38. The van der Waals surface area contributed by atoms with Crippen molar-refractivity contribution in [1.82, 2.24) is 14.5 Å². The number of hydrogen-bond acceptors (Lipinski definition) is 6. The van der Waals surface area contributed by atoms with Crippen molar-refractivity contribution in [3.63, 3.8) is 0 Å². The summed E-state index contributed by atoms with van der Waals surface area (Å²) in [4.78, 5) is 35.0. The number of carbonyl (C=O) groups is 1. The number of hydrogen-bond donors (Lipinski definition) is 0. The van der Waals surface area contributed by atoms with Gasteiger partial charge in [-0.05, 0) is 51.0 Å². The molecule has 8 heteroatoms. The van der Waals surface area contributed by atoms with Crippen LogP contribution < -0.4 is 5.56 Å². The molecule has 1 fully saturated rings. The number of amides is 1. The van der Waals surface area contributed by atoms with Gasteiger partial charge in [-0.25, -0.2) is 4.98 Å². The van der Waals surface area contributed by atoms with E-state index >= 15 is 0 Å². The van der Waals surface area contributed by atoms with Crippen molar-refractivity contribution in [2.24, 2.45) is 0 Å². The summed E-state index contributed by atoms with van der Waals surface area (Å²) < 4.78 is 6.94. The second-order valence-electron chi connectivity index (χ2n) is 7.53. The van der Waals surface area contributed by atoms with Crippen LogP contribution in [0.25, 0.3) is 10.2 Å². The molecule has 1 aliphatic carbocycles. The minimum absolute atomic E-state index is 0.0183. The molecule has 2 aromatic heterocycles. The lowest BCUT2D eigenvalue weighted by Crippen LogP contribution is -2.35. The smallest absolute Gasteiger partial charge is 0.263 e. The molecule has 4 rings (SSSR count). The third-order valence-electron chi connectivity index (χ3n) is 5.61. The van der Waals surface area contributed by atoms with Crippen LogP contribution in [0.1, 0.15) is 43.0 Å². The number of thioether (sulfide) groups is 1. The number of rotatable bonds is 6. The molecule has 28 heavy (non-hydrogen) atoms. The molecule has 1 amide bonds. The van der Waals surface area contributed by atoms with E-state index in [4.69, 9.17) is 9.72 Å². The molecule has 0 unspecified atom stereocenters. The van der Waals surface area contributed by atoms with Gasteiger partial charge in [-0.15, -0.1) is 11.3 Å². The van der Waals surface area contributed by atoms with Gasteiger partial charge < -0.3 is 9.64 Å². The second kappa shape index (κ2) is 8.55. The van der Waals surface area contributed by atoms with Gasteiger partial charge >= 0.3 is 0 Å². The summed E-state index contributed by atoms with van der Waals surface area (Å²) >= 11 is 3.06. The third kappa shape index (κ3) is 3.74.